The molecule has 0 aliphatic rings. The Labute approximate surface area is 101 Å². The quantitative estimate of drug-likeness (QED) is 0.764. The molecule has 0 amide bonds. The summed E-state index contributed by atoms with van der Waals surface area (Å²) in [4.78, 5) is 12.0. The lowest BCUT2D eigenvalue weighted by Gasteiger charge is -2.04. The van der Waals surface area contributed by atoms with Crippen molar-refractivity contribution in [2.24, 2.45) is 0 Å². The molecule has 2 aromatic carbocycles. The molecule has 1 nitrogen and oxygen atoms in total. The molecule has 0 aromatic heterocycles. The second kappa shape index (κ2) is 4.58. The van der Waals surface area contributed by atoms with Gasteiger partial charge in [0.25, 0.3) is 0 Å². The predicted molar refractivity (Wildman–Crippen MR) is 64.0 cm³/mol. The Bertz CT molecular complexity index is 502. The van der Waals surface area contributed by atoms with E-state index in [0.717, 1.165) is 0 Å². The second-order valence-electron chi connectivity index (χ2n) is 3.29. The minimum Gasteiger partial charge on any atom is -0.288 e. The summed E-state index contributed by atoms with van der Waals surface area (Å²) in [5.41, 5.74) is 0.557. The Morgan fingerprint density at radius 3 is 2.31 bits per heavy atom. The van der Waals surface area contributed by atoms with Crippen molar-refractivity contribution in [3.05, 3.63) is 69.9 Å². The van der Waals surface area contributed by atoms with Crippen molar-refractivity contribution < 1.29 is 9.18 Å². The van der Waals surface area contributed by atoms with Crippen molar-refractivity contribution in [2.75, 3.05) is 0 Å². The van der Waals surface area contributed by atoms with E-state index in [0.29, 0.717) is 10.0 Å². The van der Waals surface area contributed by atoms with Gasteiger partial charge in [0.2, 0.25) is 0 Å². The number of hydrogen-bond donors (Lipinski definition) is 0. The lowest BCUT2D eigenvalue weighted by Crippen LogP contribution is -2.05. The molecule has 2 rings (SSSR count). The maximum atomic E-state index is 13.5. The monoisotopic (exact) mass is 278 g/mol. The normalized spacial score (nSPS) is 10.1. The molecule has 0 unspecified atom stereocenters. The SMILES string of the molecule is O=C(c1ccccc1)c1c(F)cccc1Br. The van der Waals surface area contributed by atoms with E-state index in [1.807, 2.05) is 6.07 Å². The Morgan fingerprint density at radius 2 is 1.69 bits per heavy atom. The minimum atomic E-state index is -0.511. The molecule has 0 heterocycles. The highest BCUT2D eigenvalue weighted by Crippen LogP contribution is 2.22. The standard InChI is InChI=1S/C13H8BrFO/c14-10-7-4-8-11(15)12(10)13(16)9-5-2-1-3-6-9/h1-8H. The number of hydrogen-bond acceptors (Lipinski definition) is 1. The fourth-order valence-corrected chi connectivity index (χ4v) is 1.97. The smallest absolute Gasteiger partial charge is 0.197 e. The van der Waals surface area contributed by atoms with Crippen LogP contribution < -0.4 is 0 Å². The van der Waals surface area contributed by atoms with Crippen molar-refractivity contribution in [1.29, 1.82) is 0 Å². The molecule has 2 aromatic rings. The van der Waals surface area contributed by atoms with Gasteiger partial charge in [0.05, 0.1) is 5.56 Å². The second-order valence-corrected chi connectivity index (χ2v) is 4.15. The van der Waals surface area contributed by atoms with E-state index in [-0.39, 0.29) is 11.3 Å². The third-order valence-corrected chi connectivity index (χ3v) is 2.89. The van der Waals surface area contributed by atoms with Crippen molar-refractivity contribution in [3.63, 3.8) is 0 Å². The summed E-state index contributed by atoms with van der Waals surface area (Å²) in [6.07, 6.45) is 0. The van der Waals surface area contributed by atoms with Gasteiger partial charge < -0.3 is 0 Å². The Morgan fingerprint density at radius 1 is 1.00 bits per heavy atom. The first-order valence-electron chi connectivity index (χ1n) is 4.74. The molecule has 3 heteroatoms. The Balaban J connectivity index is 2.50. The molecule has 0 saturated carbocycles. The topological polar surface area (TPSA) is 17.1 Å². The van der Waals surface area contributed by atoms with Crippen LogP contribution in [0.25, 0.3) is 0 Å². The van der Waals surface area contributed by atoms with Crippen LogP contribution in [0, 0.1) is 5.82 Å². The molecule has 0 N–H and O–H groups in total. The first kappa shape index (κ1) is 11.0. The minimum absolute atomic E-state index is 0.0775. The lowest BCUT2D eigenvalue weighted by molar-refractivity contribution is 0.103. The average Bonchev–Trinajstić information content (AvgIpc) is 2.30. The number of benzene rings is 2. The summed E-state index contributed by atoms with van der Waals surface area (Å²) >= 11 is 3.18. The maximum absolute atomic E-state index is 13.5. The van der Waals surface area contributed by atoms with E-state index in [1.165, 1.54) is 6.07 Å². The number of ketones is 1. The summed E-state index contributed by atoms with van der Waals surface area (Å²) < 4.78 is 14.0. The van der Waals surface area contributed by atoms with Crippen LogP contribution in [0.5, 0.6) is 0 Å². The lowest BCUT2D eigenvalue weighted by atomic mass is 10.0. The fraction of sp³-hybridized carbons (Fsp3) is 0. The van der Waals surface area contributed by atoms with Crippen LogP contribution in [0.4, 0.5) is 4.39 Å². The van der Waals surface area contributed by atoms with Gasteiger partial charge in [0.1, 0.15) is 5.82 Å². The van der Waals surface area contributed by atoms with Crippen molar-refractivity contribution in [2.45, 2.75) is 0 Å². The van der Waals surface area contributed by atoms with Crippen LogP contribution in [-0.2, 0) is 0 Å². The van der Waals surface area contributed by atoms with Crippen molar-refractivity contribution in [1.82, 2.24) is 0 Å². The van der Waals surface area contributed by atoms with E-state index >= 15 is 0 Å². The molecule has 0 aliphatic heterocycles. The van der Waals surface area contributed by atoms with Gasteiger partial charge in [-0.25, -0.2) is 4.39 Å². The zero-order valence-electron chi connectivity index (χ0n) is 8.28. The molecule has 0 bridgehead atoms. The zero-order valence-corrected chi connectivity index (χ0v) is 9.87. The van der Waals surface area contributed by atoms with Gasteiger partial charge in [-0.15, -0.1) is 0 Å². The Hall–Kier alpha value is -1.48. The summed E-state index contributed by atoms with van der Waals surface area (Å²) in [6, 6.07) is 13.1. The van der Waals surface area contributed by atoms with Gasteiger partial charge in [-0.1, -0.05) is 36.4 Å². The van der Waals surface area contributed by atoms with Crippen LogP contribution in [0.2, 0.25) is 0 Å². The maximum Gasteiger partial charge on any atom is 0.197 e. The van der Waals surface area contributed by atoms with Gasteiger partial charge in [-0.2, -0.15) is 0 Å². The first-order chi connectivity index (χ1) is 7.70. The van der Waals surface area contributed by atoms with Gasteiger partial charge in [0, 0.05) is 10.0 Å². The van der Waals surface area contributed by atoms with E-state index < -0.39 is 5.82 Å². The van der Waals surface area contributed by atoms with E-state index in [2.05, 4.69) is 15.9 Å². The molecule has 80 valence electrons. The third kappa shape index (κ3) is 2.04. The summed E-state index contributed by atoms with van der Waals surface area (Å²) in [5, 5.41) is 0. The van der Waals surface area contributed by atoms with Crippen molar-refractivity contribution >= 4 is 21.7 Å². The molecule has 0 saturated heterocycles. The molecular formula is C13H8BrFO. The van der Waals surface area contributed by atoms with Gasteiger partial charge in [-0.3, -0.25) is 4.79 Å². The zero-order chi connectivity index (χ0) is 11.5. The number of rotatable bonds is 2. The summed E-state index contributed by atoms with van der Waals surface area (Å²) in [6.45, 7) is 0. The molecule has 0 aliphatic carbocycles. The van der Waals surface area contributed by atoms with E-state index in [9.17, 15) is 9.18 Å². The third-order valence-electron chi connectivity index (χ3n) is 2.23. The summed E-state index contributed by atoms with van der Waals surface area (Å²) in [7, 11) is 0. The van der Waals surface area contributed by atoms with Crippen LogP contribution in [0.1, 0.15) is 15.9 Å². The highest BCUT2D eigenvalue weighted by atomic mass is 79.9. The number of carbonyl (C=O) groups excluding carboxylic acids is 1. The molecule has 0 radical (unpaired) electrons. The molecule has 0 spiro atoms. The van der Waals surface area contributed by atoms with E-state index in [4.69, 9.17) is 0 Å². The van der Waals surface area contributed by atoms with Crippen LogP contribution in [0.15, 0.2) is 53.0 Å². The highest BCUT2D eigenvalue weighted by molar-refractivity contribution is 9.10. The van der Waals surface area contributed by atoms with E-state index in [1.54, 1.807) is 36.4 Å². The molecule has 16 heavy (non-hydrogen) atoms. The van der Waals surface area contributed by atoms with Gasteiger partial charge >= 0.3 is 0 Å². The largest absolute Gasteiger partial charge is 0.288 e. The fourth-order valence-electron chi connectivity index (χ4n) is 1.45. The van der Waals surface area contributed by atoms with Crippen LogP contribution in [-0.4, -0.2) is 5.78 Å². The molecular weight excluding hydrogens is 271 g/mol. The van der Waals surface area contributed by atoms with Crippen molar-refractivity contribution in [3.8, 4) is 0 Å². The van der Waals surface area contributed by atoms with Gasteiger partial charge in [-0.05, 0) is 28.1 Å². The number of halogens is 2. The first-order valence-corrected chi connectivity index (χ1v) is 5.53. The number of carbonyl (C=O) groups is 1. The Kier molecular flexibility index (Phi) is 3.15. The van der Waals surface area contributed by atoms with Crippen LogP contribution in [0.3, 0.4) is 0 Å². The molecule has 0 fully saturated rings. The highest BCUT2D eigenvalue weighted by Gasteiger charge is 2.16. The van der Waals surface area contributed by atoms with Crippen LogP contribution >= 0.6 is 15.9 Å². The molecule has 0 atom stereocenters. The average molecular weight is 279 g/mol. The van der Waals surface area contributed by atoms with Gasteiger partial charge in [0.15, 0.2) is 5.78 Å². The summed E-state index contributed by atoms with van der Waals surface area (Å²) in [5.74, 6) is -0.825. The predicted octanol–water partition coefficient (Wildman–Crippen LogP) is 3.82.